The fourth-order valence-electron chi connectivity index (χ4n) is 5.82. The summed E-state index contributed by atoms with van der Waals surface area (Å²) in [6.45, 7) is 2.59. The van der Waals surface area contributed by atoms with E-state index in [0.29, 0.717) is 54.8 Å². The highest BCUT2D eigenvalue weighted by Gasteiger charge is 2.43. The number of pyridine rings is 1. The van der Waals surface area contributed by atoms with Gasteiger partial charge in [-0.05, 0) is 67.6 Å². The topological polar surface area (TPSA) is 71.0 Å². The molecule has 1 N–H and O–H groups in total. The fraction of sp³-hybridized carbons (Fsp3) is 0.367. The molecule has 0 saturated carbocycles. The molecule has 2 aromatic carbocycles. The first-order chi connectivity index (χ1) is 19.8. The van der Waals surface area contributed by atoms with Crippen molar-refractivity contribution in [2.45, 2.75) is 56.5 Å². The fourth-order valence-corrected chi connectivity index (χ4v) is 5.82. The molecule has 4 aromatic rings. The van der Waals surface area contributed by atoms with Crippen LogP contribution >= 0.6 is 0 Å². The molecular weight excluding hydrogens is 562 g/mol. The number of aryl methyl sites for hydroxylation is 1. The number of alkyl halides is 6. The third-order valence-electron chi connectivity index (χ3n) is 8.10. The SMILES string of the molecule is CC(C(=O)CCc1cc(C(F)(F)F)cc(C(F)(F)F)c1)(c1ccccc1)N1CCC(n2c(=O)[nH]c3cccnc32)CC1. The summed E-state index contributed by atoms with van der Waals surface area (Å²) >= 11 is 0. The van der Waals surface area contributed by atoms with E-state index in [-0.39, 0.29) is 42.0 Å². The van der Waals surface area contributed by atoms with Crippen LogP contribution in [-0.2, 0) is 29.1 Å². The molecule has 2 aromatic heterocycles. The zero-order valence-electron chi connectivity index (χ0n) is 22.6. The number of likely N-dealkylation sites (tertiary alicyclic amines) is 1. The lowest BCUT2D eigenvalue weighted by Gasteiger charge is -2.44. The number of carbonyl (C=O) groups is 1. The molecule has 0 aliphatic carbocycles. The molecule has 0 amide bonds. The molecule has 12 heteroatoms. The first-order valence-corrected chi connectivity index (χ1v) is 13.5. The van der Waals surface area contributed by atoms with Crippen LogP contribution in [-0.4, -0.2) is 38.3 Å². The monoisotopic (exact) mass is 590 g/mol. The number of H-pyrrole nitrogens is 1. The number of halogens is 6. The maximum absolute atomic E-state index is 13.9. The largest absolute Gasteiger partial charge is 0.416 e. The Balaban J connectivity index is 1.39. The third kappa shape index (κ3) is 5.72. The molecule has 0 spiro atoms. The average Bonchev–Trinajstić information content (AvgIpc) is 3.30. The molecule has 0 radical (unpaired) electrons. The van der Waals surface area contributed by atoms with Gasteiger partial charge < -0.3 is 4.98 Å². The summed E-state index contributed by atoms with van der Waals surface area (Å²) in [4.78, 5) is 35.7. The van der Waals surface area contributed by atoms with Gasteiger partial charge >= 0.3 is 18.0 Å². The van der Waals surface area contributed by atoms with E-state index in [1.165, 1.54) is 0 Å². The Kier molecular flexibility index (Phi) is 7.78. The number of carbonyl (C=O) groups excluding carboxylic acids is 1. The number of hydrogen-bond donors (Lipinski definition) is 1. The minimum Gasteiger partial charge on any atom is -0.304 e. The number of Topliss-reactive ketones (excluding diaryl/α,β-unsaturated/α-hetero) is 1. The van der Waals surface area contributed by atoms with Gasteiger partial charge in [0.15, 0.2) is 11.4 Å². The number of aromatic amines is 1. The summed E-state index contributed by atoms with van der Waals surface area (Å²) in [7, 11) is 0. The molecule has 42 heavy (non-hydrogen) atoms. The average molecular weight is 591 g/mol. The molecule has 1 atom stereocenters. The molecular formula is C30H28F6N4O2. The van der Waals surface area contributed by atoms with Crippen LogP contribution in [0.15, 0.2) is 71.7 Å². The second-order valence-corrected chi connectivity index (χ2v) is 10.7. The van der Waals surface area contributed by atoms with Gasteiger partial charge in [0.25, 0.3) is 0 Å². The van der Waals surface area contributed by atoms with Crippen LogP contribution in [0.25, 0.3) is 11.2 Å². The summed E-state index contributed by atoms with van der Waals surface area (Å²) in [6.07, 6.45) is -7.83. The number of rotatable bonds is 7. The summed E-state index contributed by atoms with van der Waals surface area (Å²) in [5, 5.41) is 0. The van der Waals surface area contributed by atoms with E-state index in [2.05, 4.69) is 9.97 Å². The molecule has 6 nitrogen and oxygen atoms in total. The van der Waals surface area contributed by atoms with E-state index in [0.717, 1.165) is 0 Å². The van der Waals surface area contributed by atoms with Crippen molar-refractivity contribution in [1.29, 1.82) is 0 Å². The Morgan fingerprint density at radius 1 is 0.905 bits per heavy atom. The van der Waals surface area contributed by atoms with E-state index in [1.54, 1.807) is 60.2 Å². The lowest BCUT2D eigenvalue weighted by Crippen LogP contribution is -2.53. The minimum atomic E-state index is -4.97. The van der Waals surface area contributed by atoms with E-state index >= 15 is 0 Å². The zero-order valence-corrected chi connectivity index (χ0v) is 22.6. The maximum Gasteiger partial charge on any atom is 0.416 e. The lowest BCUT2D eigenvalue weighted by molar-refractivity contribution is -0.143. The molecule has 1 aliphatic heterocycles. The number of nitrogens with zero attached hydrogens (tertiary/aromatic N) is 3. The number of fused-ring (bicyclic) bond motifs is 1. The van der Waals surface area contributed by atoms with Gasteiger partial charge in [-0.3, -0.25) is 14.3 Å². The predicted octanol–water partition coefficient (Wildman–Crippen LogP) is 6.52. The van der Waals surface area contributed by atoms with Gasteiger partial charge in [-0.2, -0.15) is 26.3 Å². The Morgan fingerprint density at radius 2 is 1.52 bits per heavy atom. The third-order valence-corrected chi connectivity index (χ3v) is 8.10. The van der Waals surface area contributed by atoms with E-state index < -0.39 is 29.0 Å². The molecule has 1 saturated heterocycles. The van der Waals surface area contributed by atoms with Crippen LogP contribution in [0, 0.1) is 0 Å². The van der Waals surface area contributed by atoms with Crippen molar-refractivity contribution in [3.63, 3.8) is 0 Å². The smallest absolute Gasteiger partial charge is 0.304 e. The number of imidazole rings is 1. The molecule has 1 unspecified atom stereocenters. The van der Waals surface area contributed by atoms with Crippen LogP contribution in [0.3, 0.4) is 0 Å². The molecule has 5 rings (SSSR count). The van der Waals surface area contributed by atoms with Crippen molar-refractivity contribution >= 4 is 16.9 Å². The van der Waals surface area contributed by atoms with E-state index in [9.17, 15) is 35.9 Å². The molecule has 3 heterocycles. The van der Waals surface area contributed by atoms with Gasteiger partial charge in [0.1, 0.15) is 5.54 Å². The molecule has 1 aliphatic rings. The van der Waals surface area contributed by atoms with Crippen molar-refractivity contribution in [1.82, 2.24) is 19.4 Å². The van der Waals surface area contributed by atoms with Gasteiger partial charge in [0, 0.05) is 31.7 Å². The Bertz CT molecular complexity index is 1600. The Hall–Kier alpha value is -3.93. The molecule has 1 fully saturated rings. The quantitative estimate of drug-likeness (QED) is 0.249. The molecule has 0 bridgehead atoms. The van der Waals surface area contributed by atoms with Gasteiger partial charge in [0.2, 0.25) is 0 Å². The van der Waals surface area contributed by atoms with E-state index in [4.69, 9.17) is 0 Å². The van der Waals surface area contributed by atoms with Gasteiger partial charge in [-0.1, -0.05) is 30.3 Å². The predicted molar refractivity (Wildman–Crippen MR) is 144 cm³/mol. The van der Waals surface area contributed by atoms with E-state index in [1.807, 2.05) is 4.90 Å². The van der Waals surface area contributed by atoms with Gasteiger partial charge in [0.05, 0.1) is 16.6 Å². The maximum atomic E-state index is 13.9. The lowest BCUT2D eigenvalue weighted by atomic mass is 9.81. The number of nitrogens with one attached hydrogen (secondary N) is 1. The van der Waals surface area contributed by atoms with Gasteiger partial charge in [-0.15, -0.1) is 0 Å². The van der Waals surface area contributed by atoms with Crippen molar-refractivity contribution < 1.29 is 31.1 Å². The number of hydrogen-bond acceptors (Lipinski definition) is 4. The number of ketones is 1. The number of benzene rings is 2. The highest BCUT2D eigenvalue weighted by molar-refractivity contribution is 5.89. The Labute approximate surface area is 237 Å². The first kappa shape index (κ1) is 29.6. The van der Waals surface area contributed by atoms with Crippen LogP contribution < -0.4 is 5.69 Å². The summed E-state index contributed by atoms with van der Waals surface area (Å²) < 4.78 is 81.8. The summed E-state index contributed by atoms with van der Waals surface area (Å²) in [5.74, 6) is -0.330. The van der Waals surface area contributed by atoms with Gasteiger partial charge in [-0.25, -0.2) is 9.78 Å². The van der Waals surface area contributed by atoms with Crippen LogP contribution in [0.5, 0.6) is 0 Å². The van der Waals surface area contributed by atoms with Crippen molar-refractivity contribution in [2.24, 2.45) is 0 Å². The molecule has 222 valence electrons. The van der Waals surface area contributed by atoms with Crippen molar-refractivity contribution in [3.05, 3.63) is 99.6 Å². The normalized spacial score (nSPS) is 16.9. The van der Waals surface area contributed by atoms with Crippen LogP contribution in [0.1, 0.15) is 54.5 Å². The van der Waals surface area contributed by atoms with Crippen molar-refractivity contribution in [3.8, 4) is 0 Å². The second kappa shape index (κ2) is 11.0. The highest BCUT2D eigenvalue weighted by atomic mass is 19.4. The minimum absolute atomic E-state index is 0.0815. The standard InChI is InChI=1S/C30H28F6N4O2/c1-28(20-6-3-2-4-7-20,25(41)10-9-19-16-21(29(31,32)33)18-22(17-19)30(34,35)36)39-14-11-23(12-15-39)40-26-24(38-27(40)42)8-5-13-37-26/h2-8,13,16-18,23H,9-12,14-15H2,1H3,(H,38,42). The number of piperidine rings is 1. The summed E-state index contributed by atoms with van der Waals surface area (Å²) in [6, 6.07) is 13.6. The van der Waals surface area contributed by atoms with Crippen LogP contribution in [0.2, 0.25) is 0 Å². The van der Waals surface area contributed by atoms with Crippen LogP contribution in [0.4, 0.5) is 26.3 Å². The highest BCUT2D eigenvalue weighted by Crippen LogP contribution is 2.38. The van der Waals surface area contributed by atoms with Crippen molar-refractivity contribution in [2.75, 3.05) is 13.1 Å². The first-order valence-electron chi connectivity index (χ1n) is 13.5. The second-order valence-electron chi connectivity index (χ2n) is 10.7. The Morgan fingerprint density at radius 3 is 2.12 bits per heavy atom. The zero-order chi connectivity index (χ0) is 30.3. The summed E-state index contributed by atoms with van der Waals surface area (Å²) in [5.41, 5.74) is -2.66. The number of aromatic nitrogens is 3.